The summed E-state index contributed by atoms with van der Waals surface area (Å²) in [4.78, 5) is 17.3. The standard InChI is InChI=1S/C32H38N2O3/c1-24-7-9-25(10-8-24)21-34-20-16-28(32(34)36)15-18-33-19-17-30(31(35)22-33)27-11-13-29(14-12-27)37-23-26-5-3-2-4-6-26/h2-14,28,30-31,35H,15-23H2,1H3/t28?,30-,31+/m1/s1. The number of likely N-dealkylation sites (tertiary alicyclic amines) is 2. The molecule has 2 aliphatic heterocycles. The van der Waals surface area contributed by atoms with Gasteiger partial charge < -0.3 is 19.6 Å². The quantitative estimate of drug-likeness (QED) is 0.443. The number of hydrogen-bond acceptors (Lipinski definition) is 4. The molecule has 0 saturated carbocycles. The molecule has 1 unspecified atom stereocenters. The highest BCUT2D eigenvalue weighted by molar-refractivity contribution is 5.80. The van der Waals surface area contributed by atoms with Gasteiger partial charge in [-0.05, 0) is 68.1 Å². The number of nitrogens with zero attached hydrogens (tertiary/aromatic N) is 2. The smallest absolute Gasteiger partial charge is 0.226 e. The number of piperidine rings is 1. The normalized spacial score (nSPS) is 22.4. The van der Waals surface area contributed by atoms with Crippen LogP contribution in [0.5, 0.6) is 5.75 Å². The van der Waals surface area contributed by atoms with Crippen molar-refractivity contribution in [3.05, 3.63) is 101 Å². The highest BCUT2D eigenvalue weighted by atomic mass is 16.5. The lowest BCUT2D eigenvalue weighted by atomic mass is 9.87. The molecule has 194 valence electrons. The summed E-state index contributed by atoms with van der Waals surface area (Å²) in [5, 5.41) is 10.9. The van der Waals surface area contributed by atoms with Gasteiger partial charge in [0.15, 0.2) is 0 Å². The van der Waals surface area contributed by atoms with E-state index in [1.165, 1.54) is 11.1 Å². The van der Waals surface area contributed by atoms with Crippen LogP contribution in [-0.4, -0.2) is 53.1 Å². The molecule has 2 saturated heterocycles. The number of amides is 1. The zero-order chi connectivity index (χ0) is 25.6. The highest BCUT2D eigenvalue weighted by Crippen LogP contribution is 2.31. The minimum Gasteiger partial charge on any atom is -0.489 e. The largest absolute Gasteiger partial charge is 0.489 e. The van der Waals surface area contributed by atoms with Gasteiger partial charge in [0, 0.05) is 31.5 Å². The second-order valence-corrected chi connectivity index (χ2v) is 10.6. The van der Waals surface area contributed by atoms with Gasteiger partial charge in [0.05, 0.1) is 6.10 Å². The summed E-state index contributed by atoms with van der Waals surface area (Å²) in [7, 11) is 0. The number of hydrogen-bond donors (Lipinski definition) is 1. The van der Waals surface area contributed by atoms with E-state index in [1.807, 2.05) is 35.2 Å². The predicted octanol–water partition coefficient (Wildman–Crippen LogP) is 5.16. The van der Waals surface area contributed by atoms with E-state index >= 15 is 0 Å². The van der Waals surface area contributed by atoms with Crippen molar-refractivity contribution in [3.8, 4) is 5.75 Å². The number of carbonyl (C=O) groups excluding carboxylic acids is 1. The molecule has 2 aliphatic rings. The van der Waals surface area contributed by atoms with Crippen molar-refractivity contribution in [2.75, 3.05) is 26.2 Å². The van der Waals surface area contributed by atoms with Crippen LogP contribution >= 0.6 is 0 Å². The second kappa shape index (κ2) is 11.9. The third-order valence-electron chi connectivity index (χ3n) is 7.92. The summed E-state index contributed by atoms with van der Waals surface area (Å²) >= 11 is 0. The van der Waals surface area contributed by atoms with Gasteiger partial charge in [0.2, 0.25) is 5.91 Å². The minimum absolute atomic E-state index is 0.101. The average molecular weight is 499 g/mol. The molecule has 3 aromatic carbocycles. The van der Waals surface area contributed by atoms with Gasteiger partial charge in [-0.3, -0.25) is 4.79 Å². The van der Waals surface area contributed by atoms with Crippen LogP contribution in [0.2, 0.25) is 0 Å². The fourth-order valence-electron chi connectivity index (χ4n) is 5.62. The van der Waals surface area contributed by atoms with Crippen LogP contribution < -0.4 is 4.74 Å². The van der Waals surface area contributed by atoms with Crippen LogP contribution in [0, 0.1) is 12.8 Å². The summed E-state index contributed by atoms with van der Waals surface area (Å²) in [6, 6.07) is 26.8. The number of aliphatic hydroxyl groups is 1. The first-order valence-corrected chi connectivity index (χ1v) is 13.6. The molecule has 1 N–H and O–H groups in total. The summed E-state index contributed by atoms with van der Waals surface area (Å²) < 4.78 is 5.91. The van der Waals surface area contributed by atoms with Crippen LogP contribution in [0.3, 0.4) is 0 Å². The molecule has 3 aromatic rings. The Morgan fingerprint density at radius 2 is 1.65 bits per heavy atom. The molecular weight excluding hydrogens is 460 g/mol. The molecular formula is C32H38N2O3. The lowest BCUT2D eigenvalue weighted by molar-refractivity contribution is -0.131. The molecule has 0 aliphatic carbocycles. The van der Waals surface area contributed by atoms with Gasteiger partial charge in [-0.1, -0.05) is 72.3 Å². The number of aliphatic hydroxyl groups excluding tert-OH is 1. The number of rotatable bonds is 9. The molecule has 0 spiro atoms. The fourth-order valence-corrected chi connectivity index (χ4v) is 5.62. The number of β-amino-alcohol motifs (C(OH)–C–C–N with tert-alkyl or cyclic N) is 1. The Kier molecular flexibility index (Phi) is 8.22. The van der Waals surface area contributed by atoms with E-state index in [4.69, 9.17) is 4.74 Å². The summed E-state index contributed by atoms with van der Waals surface area (Å²) in [5.41, 5.74) is 4.75. The van der Waals surface area contributed by atoms with E-state index in [-0.39, 0.29) is 17.7 Å². The van der Waals surface area contributed by atoms with E-state index in [1.54, 1.807) is 0 Å². The second-order valence-electron chi connectivity index (χ2n) is 10.6. The molecule has 5 rings (SSSR count). The Hall–Kier alpha value is -3.15. The molecule has 1 amide bonds. The molecule has 5 heteroatoms. The van der Waals surface area contributed by atoms with E-state index in [2.05, 4.69) is 60.4 Å². The number of ether oxygens (including phenoxy) is 1. The lowest BCUT2D eigenvalue weighted by Gasteiger charge is -2.36. The van der Waals surface area contributed by atoms with Crippen molar-refractivity contribution in [1.82, 2.24) is 9.80 Å². The van der Waals surface area contributed by atoms with Gasteiger partial charge in [-0.2, -0.15) is 0 Å². The molecule has 3 atom stereocenters. The average Bonchev–Trinajstić information content (AvgIpc) is 3.27. The Balaban J connectivity index is 1.06. The Morgan fingerprint density at radius 3 is 2.38 bits per heavy atom. The van der Waals surface area contributed by atoms with Gasteiger partial charge in [-0.15, -0.1) is 0 Å². The van der Waals surface area contributed by atoms with Crippen LogP contribution in [0.25, 0.3) is 0 Å². The Labute approximate surface area is 220 Å². The number of carbonyl (C=O) groups is 1. The van der Waals surface area contributed by atoms with Crippen LogP contribution in [-0.2, 0) is 17.9 Å². The summed E-state index contributed by atoms with van der Waals surface area (Å²) in [6.45, 7) is 6.65. The van der Waals surface area contributed by atoms with E-state index in [0.717, 1.165) is 55.8 Å². The van der Waals surface area contributed by atoms with Gasteiger partial charge >= 0.3 is 0 Å². The molecule has 5 nitrogen and oxygen atoms in total. The summed E-state index contributed by atoms with van der Waals surface area (Å²) in [6.07, 6.45) is 2.32. The van der Waals surface area contributed by atoms with Gasteiger partial charge in [-0.25, -0.2) is 0 Å². The Bertz CT molecular complexity index is 1150. The van der Waals surface area contributed by atoms with Crippen molar-refractivity contribution in [3.63, 3.8) is 0 Å². The van der Waals surface area contributed by atoms with Crippen molar-refractivity contribution < 1.29 is 14.6 Å². The highest BCUT2D eigenvalue weighted by Gasteiger charge is 2.33. The fraction of sp³-hybridized carbons (Fsp3) is 0.406. The van der Waals surface area contributed by atoms with Crippen molar-refractivity contribution in [1.29, 1.82) is 0 Å². The van der Waals surface area contributed by atoms with E-state index in [0.29, 0.717) is 19.7 Å². The van der Waals surface area contributed by atoms with Crippen LogP contribution in [0.1, 0.15) is 47.4 Å². The first-order chi connectivity index (χ1) is 18.0. The van der Waals surface area contributed by atoms with Crippen molar-refractivity contribution in [2.24, 2.45) is 5.92 Å². The van der Waals surface area contributed by atoms with E-state index < -0.39 is 6.10 Å². The van der Waals surface area contributed by atoms with E-state index in [9.17, 15) is 9.90 Å². The molecule has 0 bridgehead atoms. The monoisotopic (exact) mass is 498 g/mol. The number of benzene rings is 3. The first-order valence-electron chi connectivity index (χ1n) is 13.6. The Morgan fingerprint density at radius 1 is 0.892 bits per heavy atom. The zero-order valence-electron chi connectivity index (χ0n) is 21.8. The van der Waals surface area contributed by atoms with Crippen molar-refractivity contribution in [2.45, 2.75) is 51.4 Å². The molecule has 0 aromatic heterocycles. The van der Waals surface area contributed by atoms with Crippen molar-refractivity contribution >= 4 is 5.91 Å². The summed E-state index contributed by atoms with van der Waals surface area (Å²) in [5.74, 6) is 1.36. The molecule has 2 heterocycles. The molecule has 0 radical (unpaired) electrons. The maximum atomic E-state index is 13.0. The molecule has 37 heavy (non-hydrogen) atoms. The minimum atomic E-state index is -0.401. The van der Waals surface area contributed by atoms with Gasteiger partial charge in [0.1, 0.15) is 12.4 Å². The molecule has 2 fully saturated rings. The third-order valence-corrected chi connectivity index (χ3v) is 7.92. The first kappa shape index (κ1) is 25.5. The van der Waals surface area contributed by atoms with Gasteiger partial charge in [0.25, 0.3) is 0 Å². The third kappa shape index (κ3) is 6.60. The lowest BCUT2D eigenvalue weighted by Crippen LogP contribution is -2.43. The van der Waals surface area contributed by atoms with Crippen LogP contribution in [0.15, 0.2) is 78.9 Å². The topological polar surface area (TPSA) is 53.0 Å². The maximum Gasteiger partial charge on any atom is 0.226 e. The maximum absolute atomic E-state index is 13.0. The SMILES string of the molecule is Cc1ccc(CN2CCC(CCN3CC[C@H](c4ccc(OCc5ccccc5)cc4)[C@@H](O)C3)C2=O)cc1. The predicted molar refractivity (Wildman–Crippen MR) is 146 cm³/mol. The number of aryl methyl sites for hydroxylation is 1. The zero-order valence-corrected chi connectivity index (χ0v) is 21.8. The van der Waals surface area contributed by atoms with Crippen LogP contribution in [0.4, 0.5) is 0 Å².